The van der Waals surface area contributed by atoms with Gasteiger partial charge >= 0.3 is 0 Å². The lowest BCUT2D eigenvalue weighted by atomic mass is 10.0. The second kappa shape index (κ2) is 4.01. The van der Waals surface area contributed by atoms with Crippen LogP contribution in [0.5, 0.6) is 0 Å². The van der Waals surface area contributed by atoms with Gasteiger partial charge in [0, 0.05) is 25.7 Å². The molecule has 16 heavy (non-hydrogen) atoms. The van der Waals surface area contributed by atoms with Crippen molar-refractivity contribution in [2.75, 3.05) is 18.0 Å². The summed E-state index contributed by atoms with van der Waals surface area (Å²) in [5.74, 6) is 0.913. The van der Waals surface area contributed by atoms with Crippen LogP contribution in [-0.2, 0) is 7.05 Å². The first-order chi connectivity index (χ1) is 7.86. The maximum Gasteiger partial charge on any atom is 0.245 e. The average Bonchev–Trinajstić information content (AvgIpc) is 2.95. The van der Waals surface area contributed by atoms with Gasteiger partial charge in [0.2, 0.25) is 5.95 Å². The Bertz CT molecular complexity index is 356. The Morgan fingerprint density at radius 2 is 2.25 bits per heavy atom. The SMILES string of the molecule is Cn1nnnc1N1CCCC1C1CCCN1. The van der Waals surface area contributed by atoms with Crippen molar-refractivity contribution < 1.29 is 0 Å². The van der Waals surface area contributed by atoms with Crippen molar-refractivity contribution in [3.63, 3.8) is 0 Å². The molecule has 2 fully saturated rings. The largest absolute Gasteiger partial charge is 0.335 e. The van der Waals surface area contributed by atoms with E-state index in [9.17, 15) is 0 Å². The number of nitrogens with one attached hydrogen (secondary N) is 1. The number of hydrogen-bond donors (Lipinski definition) is 1. The molecule has 0 radical (unpaired) electrons. The lowest BCUT2D eigenvalue weighted by Crippen LogP contribution is -2.44. The van der Waals surface area contributed by atoms with Gasteiger partial charge in [0.05, 0.1) is 0 Å². The number of nitrogens with zero attached hydrogens (tertiary/aromatic N) is 5. The monoisotopic (exact) mass is 222 g/mol. The summed E-state index contributed by atoms with van der Waals surface area (Å²) < 4.78 is 1.77. The third-order valence-electron chi connectivity index (χ3n) is 3.72. The number of aromatic nitrogens is 4. The number of aryl methyl sites for hydroxylation is 1. The zero-order valence-electron chi connectivity index (χ0n) is 9.63. The normalized spacial score (nSPS) is 30.2. The van der Waals surface area contributed by atoms with E-state index in [4.69, 9.17) is 0 Å². The van der Waals surface area contributed by atoms with Crippen molar-refractivity contribution in [1.82, 2.24) is 25.5 Å². The van der Waals surface area contributed by atoms with Crippen LogP contribution >= 0.6 is 0 Å². The molecule has 1 aromatic rings. The van der Waals surface area contributed by atoms with Crippen LogP contribution in [0.2, 0.25) is 0 Å². The lowest BCUT2D eigenvalue weighted by molar-refractivity contribution is 0.475. The number of hydrogen-bond acceptors (Lipinski definition) is 5. The molecular weight excluding hydrogens is 204 g/mol. The summed E-state index contributed by atoms with van der Waals surface area (Å²) in [5.41, 5.74) is 0. The molecule has 0 aliphatic carbocycles. The van der Waals surface area contributed by atoms with Crippen LogP contribution in [0, 0.1) is 0 Å². The number of rotatable bonds is 2. The average molecular weight is 222 g/mol. The minimum absolute atomic E-state index is 0.576. The van der Waals surface area contributed by atoms with Crippen LogP contribution in [0.1, 0.15) is 25.7 Å². The summed E-state index contributed by atoms with van der Waals surface area (Å²) in [6.45, 7) is 2.24. The molecule has 2 aliphatic rings. The minimum atomic E-state index is 0.576. The standard InChI is InChI=1S/C10H18N6/c1-15-10(12-13-14-15)16-7-3-5-9(16)8-4-2-6-11-8/h8-9,11H,2-7H2,1H3. The fraction of sp³-hybridized carbons (Fsp3) is 0.900. The van der Waals surface area contributed by atoms with Gasteiger partial charge in [-0.3, -0.25) is 0 Å². The Balaban J connectivity index is 1.81. The van der Waals surface area contributed by atoms with Crippen LogP contribution in [0.3, 0.4) is 0 Å². The van der Waals surface area contributed by atoms with Gasteiger partial charge < -0.3 is 10.2 Å². The fourth-order valence-electron chi connectivity index (χ4n) is 2.97. The van der Waals surface area contributed by atoms with Gasteiger partial charge in [-0.15, -0.1) is 0 Å². The summed E-state index contributed by atoms with van der Waals surface area (Å²) in [6, 6.07) is 1.20. The molecule has 88 valence electrons. The van der Waals surface area contributed by atoms with Crippen LogP contribution in [0.25, 0.3) is 0 Å². The quantitative estimate of drug-likeness (QED) is 0.759. The van der Waals surface area contributed by atoms with E-state index in [1.54, 1.807) is 4.68 Å². The van der Waals surface area contributed by atoms with Crippen LogP contribution in [0.4, 0.5) is 5.95 Å². The fourth-order valence-corrected chi connectivity index (χ4v) is 2.97. The van der Waals surface area contributed by atoms with Crippen LogP contribution in [0.15, 0.2) is 0 Å². The maximum absolute atomic E-state index is 4.12. The summed E-state index contributed by atoms with van der Waals surface area (Å²) in [7, 11) is 1.91. The van der Waals surface area contributed by atoms with E-state index >= 15 is 0 Å². The Morgan fingerprint density at radius 1 is 1.31 bits per heavy atom. The molecule has 1 aromatic heterocycles. The summed E-state index contributed by atoms with van der Waals surface area (Å²) >= 11 is 0. The van der Waals surface area contributed by atoms with Gasteiger partial charge in [0.15, 0.2) is 0 Å². The first-order valence-electron chi connectivity index (χ1n) is 6.08. The van der Waals surface area contributed by atoms with E-state index in [-0.39, 0.29) is 0 Å². The van der Waals surface area contributed by atoms with E-state index in [2.05, 4.69) is 25.7 Å². The number of anilines is 1. The van der Waals surface area contributed by atoms with Gasteiger partial charge in [-0.1, -0.05) is 5.10 Å². The smallest absolute Gasteiger partial charge is 0.245 e. The third kappa shape index (κ3) is 1.57. The van der Waals surface area contributed by atoms with Crippen molar-refractivity contribution in [3.05, 3.63) is 0 Å². The molecule has 2 unspecified atom stereocenters. The van der Waals surface area contributed by atoms with Gasteiger partial charge in [-0.2, -0.15) is 0 Å². The van der Waals surface area contributed by atoms with E-state index in [0.717, 1.165) is 19.0 Å². The Hall–Kier alpha value is -1.17. The van der Waals surface area contributed by atoms with Crippen molar-refractivity contribution >= 4 is 5.95 Å². The Morgan fingerprint density at radius 3 is 2.94 bits per heavy atom. The van der Waals surface area contributed by atoms with Gasteiger partial charge in [-0.05, 0) is 42.7 Å². The maximum atomic E-state index is 4.12. The summed E-state index contributed by atoms with van der Waals surface area (Å²) in [5, 5.41) is 15.4. The highest BCUT2D eigenvalue weighted by Crippen LogP contribution is 2.27. The molecule has 0 aromatic carbocycles. The van der Waals surface area contributed by atoms with Gasteiger partial charge in [0.1, 0.15) is 0 Å². The molecule has 2 aliphatic heterocycles. The molecule has 0 bridgehead atoms. The Kier molecular flexibility index (Phi) is 2.51. The minimum Gasteiger partial charge on any atom is -0.335 e. The van der Waals surface area contributed by atoms with Crippen LogP contribution < -0.4 is 10.2 Å². The summed E-state index contributed by atoms with van der Waals surface area (Å²) in [6.07, 6.45) is 5.08. The second-order valence-corrected chi connectivity index (χ2v) is 4.71. The van der Waals surface area contributed by atoms with Crippen LogP contribution in [-0.4, -0.2) is 45.4 Å². The highest BCUT2D eigenvalue weighted by molar-refractivity contribution is 5.33. The molecule has 6 heteroatoms. The molecule has 0 spiro atoms. The van der Waals surface area contributed by atoms with Crippen molar-refractivity contribution in [2.45, 2.75) is 37.8 Å². The van der Waals surface area contributed by atoms with Gasteiger partial charge in [-0.25, -0.2) is 4.68 Å². The van der Waals surface area contributed by atoms with E-state index in [1.165, 1.54) is 25.7 Å². The zero-order chi connectivity index (χ0) is 11.0. The lowest BCUT2D eigenvalue weighted by Gasteiger charge is -2.29. The summed E-state index contributed by atoms with van der Waals surface area (Å²) in [4.78, 5) is 2.36. The molecular formula is C10H18N6. The van der Waals surface area contributed by atoms with Gasteiger partial charge in [0.25, 0.3) is 0 Å². The van der Waals surface area contributed by atoms with Crippen molar-refractivity contribution in [3.8, 4) is 0 Å². The second-order valence-electron chi connectivity index (χ2n) is 4.71. The first-order valence-corrected chi connectivity index (χ1v) is 6.08. The Labute approximate surface area is 95.0 Å². The molecule has 0 saturated carbocycles. The predicted molar refractivity (Wildman–Crippen MR) is 60.2 cm³/mol. The zero-order valence-corrected chi connectivity index (χ0v) is 9.63. The predicted octanol–water partition coefficient (Wildman–Crippen LogP) is -0.0691. The molecule has 2 saturated heterocycles. The van der Waals surface area contributed by atoms with E-state index in [1.807, 2.05) is 7.05 Å². The molecule has 1 N–H and O–H groups in total. The highest BCUT2D eigenvalue weighted by atomic mass is 15.6. The third-order valence-corrected chi connectivity index (χ3v) is 3.72. The molecule has 0 amide bonds. The molecule has 2 atom stereocenters. The topological polar surface area (TPSA) is 58.9 Å². The van der Waals surface area contributed by atoms with Crippen molar-refractivity contribution in [2.24, 2.45) is 7.05 Å². The molecule has 3 heterocycles. The number of tetrazole rings is 1. The molecule has 6 nitrogen and oxygen atoms in total. The highest BCUT2D eigenvalue weighted by Gasteiger charge is 2.35. The molecule has 3 rings (SSSR count). The van der Waals surface area contributed by atoms with E-state index < -0.39 is 0 Å². The van der Waals surface area contributed by atoms with E-state index in [0.29, 0.717) is 12.1 Å². The van der Waals surface area contributed by atoms with Crippen molar-refractivity contribution in [1.29, 1.82) is 0 Å². The first kappa shape index (κ1) is 10.0.